The Balaban J connectivity index is 2.65. The molecule has 0 saturated carbocycles. The maximum atomic E-state index is 10.3. The van der Waals surface area contributed by atoms with Crippen molar-refractivity contribution in [3.63, 3.8) is 0 Å². The number of hydrogen-bond acceptors (Lipinski definition) is 1. The van der Waals surface area contributed by atoms with E-state index in [0.717, 1.165) is 22.9 Å². The minimum absolute atomic E-state index is 0.331. The molecule has 1 aromatic rings. The molecule has 0 heterocycles. The first kappa shape index (κ1) is 15.7. The highest BCUT2D eigenvalue weighted by molar-refractivity contribution is 9.10. The second kappa shape index (κ2) is 7.96. The van der Waals surface area contributed by atoms with Crippen molar-refractivity contribution in [1.29, 1.82) is 0 Å². The van der Waals surface area contributed by atoms with Gasteiger partial charge >= 0.3 is 0 Å². The van der Waals surface area contributed by atoms with Gasteiger partial charge in [-0.15, -0.1) is 0 Å². The molecule has 0 bridgehead atoms. The van der Waals surface area contributed by atoms with Crippen LogP contribution in [0.25, 0.3) is 0 Å². The molecule has 1 rings (SSSR count). The van der Waals surface area contributed by atoms with Gasteiger partial charge in [0.2, 0.25) is 0 Å². The topological polar surface area (TPSA) is 20.2 Å². The molecule has 2 unspecified atom stereocenters. The third-order valence-corrected chi connectivity index (χ3v) is 4.01. The fourth-order valence-corrected chi connectivity index (χ4v) is 3.02. The van der Waals surface area contributed by atoms with E-state index in [1.54, 1.807) is 0 Å². The van der Waals surface area contributed by atoms with Gasteiger partial charge in [-0.25, -0.2) is 0 Å². The summed E-state index contributed by atoms with van der Waals surface area (Å²) in [5, 5.41) is 10.3. The Morgan fingerprint density at radius 2 is 1.94 bits per heavy atom. The van der Waals surface area contributed by atoms with Crippen LogP contribution >= 0.6 is 15.9 Å². The Morgan fingerprint density at radius 1 is 1.22 bits per heavy atom. The van der Waals surface area contributed by atoms with E-state index in [0.29, 0.717) is 5.92 Å². The van der Waals surface area contributed by atoms with Gasteiger partial charge in [0, 0.05) is 4.47 Å². The van der Waals surface area contributed by atoms with Gasteiger partial charge in [-0.05, 0) is 42.5 Å². The maximum absolute atomic E-state index is 10.3. The van der Waals surface area contributed by atoms with E-state index in [1.807, 2.05) is 6.07 Å². The molecule has 102 valence electrons. The molecule has 0 aliphatic carbocycles. The van der Waals surface area contributed by atoms with Crippen LogP contribution in [0.5, 0.6) is 0 Å². The van der Waals surface area contributed by atoms with Crippen molar-refractivity contribution in [3.8, 4) is 0 Å². The Morgan fingerprint density at radius 3 is 2.50 bits per heavy atom. The summed E-state index contributed by atoms with van der Waals surface area (Å²) < 4.78 is 1.05. The number of halogens is 1. The number of unbranched alkanes of at least 4 members (excludes halogenated alkanes) is 1. The molecule has 0 aliphatic heterocycles. The molecule has 0 saturated heterocycles. The van der Waals surface area contributed by atoms with E-state index in [2.05, 4.69) is 48.8 Å². The quantitative estimate of drug-likeness (QED) is 0.715. The summed E-state index contributed by atoms with van der Waals surface area (Å²) in [5.74, 6) is 0.638. The van der Waals surface area contributed by atoms with E-state index in [9.17, 15) is 5.11 Å². The lowest BCUT2D eigenvalue weighted by molar-refractivity contribution is 0.139. The highest BCUT2D eigenvalue weighted by atomic mass is 79.9. The molecule has 0 fully saturated rings. The van der Waals surface area contributed by atoms with Crippen LogP contribution in [0.1, 0.15) is 63.2 Å². The monoisotopic (exact) mass is 312 g/mol. The minimum atomic E-state index is -0.331. The first-order valence-corrected chi connectivity index (χ1v) is 7.81. The Kier molecular flexibility index (Phi) is 6.95. The molecule has 0 aliphatic rings. The van der Waals surface area contributed by atoms with Crippen LogP contribution in [0.4, 0.5) is 0 Å². The molecular weight excluding hydrogens is 288 g/mol. The standard InChI is InChI=1S/C16H25BrO/c1-4-6-7-13(5-2)10-16(18)14-8-12(3)9-15(17)11-14/h8-9,11,13,16,18H,4-7,10H2,1-3H3. The highest BCUT2D eigenvalue weighted by Crippen LogP contribution is 2.28. The van der Waals surface area contributed by atoms with E-state index in [4.69, 9.17) is 0 Å². The summed E-state index contributed by atoms with van der Waals surface area (Å²) in [6.07, 6.45) is 5.45. The summed E-state index contributed by atoms with van der Waals surface area (Å²) in [4.78, 5) is 0. The predicted molar refractivity (Wildman–Crippen MR) is 81.8 cm³/mol. The van der Waals surface area contributed by atoms with Gasteiger partial charge in [0.05, 0.1) is 6.10 Å². The predicted octanol–water partition coefficient (Wildman–Crippen LogP) is 5.40. The van der Waals surface area contributed by atoms with Crippen LogP contribution in [-0.4, -0.2) is 5.11 Å². The molecule has 18 heavy (non-hydrogen) atoms. The van der Waals surface area contributed by atoms with Crippen LogP contribution in [0, 0.1) is 12.8 Å². The molecule has 2 atom stereocenters. The number of aliphatic hydroxyl groups excluding tert-OH is 1. The maximum Gasteiger partial charge on any atom is 0.0793 e. The lowest BCUT2D eigenvalue weighted by Crippen LogP contribution is -2.07. The summed E-state index contributed by atoms with van der Waals surface area (Å²) in [7, 11) is 0. The van der Waals surface area contributed by atoms with Crippen molar-refractivity contribution in [2.24, 2.45) is 5.92 Å². The smallest absolute Gasteiger partial charge is 0.0793 e. The van der Waals surface area contributed by atoms with Gasteiger partial charge in [-0.2, -0.15) is 0 Å². The number of aliphatic hydroxyl groups is 1. The summed E-state index contributed by atoms with van der Waals surface area (Å²) in [5.41, 5.74) is 2.23. The van der Waals surface area contributed by atoms with Gasteiger partial charge < -0.3 is 5.11 Å². The summed E-state index contributed by atoms with van der Waals surface area (Å²) >= 11 is 3.50. The van der Waals surface area contributed by atoms with E-state index < -0.39 is 0 Å². The Hall–Kier alpha value is -0.340. The second-order valence-corrected chi connectivity index (χ2v) is 6.15. The number of hydrogen-bond donors (Lipinski definition) is 1. The normalized spacial score (nSPS) is 14.5. The summed E-state index contributed by atoms with van der Waals surface area (Å²) in [6, 6.07) is 6.19. The zero-order valence-electron chi connectivity index (χ0n) is 11.7. The molecule has 0 spiro atoms. The lowest BCUT2D eigenvalue weighted by Gasteiger charge is -2.19. The van der Waals surface area contributed by atoms with Crippen LogP contribution in [0.2, 0.25) is 0 Å². The number of benzene rings is 1. The third kappa shape index (κ3) is 5.11. The van der Waals surface area contributed by atoms with Crippen molar-refractivity contribution in [3.05, 3.63) is 33.8 Å². The SMILES string of the molecule is CCCCC(CC)CC(O)c1cc(C)cc(Br)c1. The van der Waals surface area contributed by atoms with Gasteiger partial charge in [-0.3, -0.25) is 0 Å². The van der Waals surface area contributed by atoms with Crippen LogP contribution in [-0.2, 0) is 0 Å². The first-order chi connectivity index (χ1) is 8.56. The number of rotatable bonds is 7. The zero-order valence-corrected chi connectivity index (χ0v) is 13.3. The van der Waals surface area contributed by atoms with Crippen LogP contribution in [0.3, 0.4) is 0 Å². The largest absolute Gasteiger partial charge is 0.388 e. The molecule has 0 amide bonds. The van der Waals surface area contributed by atoms with Crippen molar-refractivity contribution < 1.29 is 5.11 Å². The average molecular weight is 313 g/mol. The van der Waals surface area contributed by atoms with Gasteiger partial charge in [0.25, 0.3) is 0 Å². The van der Waals surface area contributed by atoms with Crippen molar-refractivity contribution in [2.75, 3.05) is 0 Å². The molecule has 1 N–H and O–H groups in total. The first-order valence-electron chi connectivity index (χ1n) is 7.02. The van der Waals surface area contributed by atoms with Crippen LogP contribution in [0.15, 0.2) is 22.7 Å². The Labute approximate surface area is 120 Å². The molecule has 1 aromatic carbocycles. The minimum Gasteiger partial charge on any atom is -0.388 e. The van der Waals surface area contributed by atoms with E-state index in [-0.39, 0.29) is 6.10 Å². The van der Waals surface area contributed by atoms with Gasteiger partial charge in [-0.1, -0.05) is 61.5 Å². The van der Waals surface area contributed by atoms with E-state index in [1.165, 1.54) is 24.8 Å². The molecule has 1 nitrogen and oxygen atoms in total. The van der Waals surface area contributed by atoms with Crippen LogP contribution < -0.4 is 0 Å². The van der Waals surface area contributed by atoms with E-state index >= 15 is 0 Å². The average Bonchev–Trinajstić information content (AvgIpc) is 2.32. The van der Waals surface area contributed by atoms with Crippen molar-refractivity contribution >= 4 is 15.9 Å². The van der Waals surface area contributed by atoms with Crippen molar-refractivity contribution in [1.82, 2.24) is 0 Å². The second-order valence-electron chi connectivity index (χ2n) is 5.23. The molecule has 2 heteroatoms. The fraction of sp³-hybridized carbons (Fsp3) is 0.625. The number of aryl methyl sites for hydroxylation is 1. The molecular formula is C16H25BrO. The molecule has 0 aromatic heterocycles. The van der Waals surface area contributed by atoms with Gasteiger partial charge in [0.1, 0.15) is 0 Å². The third-order valence-electron chi connectivity index (χ3n) is 3.55. The highest BCUT2D eigenvalue weighted by Gasteiger charge is 2.15. The van der Waals surface area contributed by atoms with Crippen molar-refractivity contribution in [2.45, 2.75) is 59.0 Å². The lowest BCUT2D eigenvalue weighted by atomic mass is 9.90. The zero-order chi connectivity index (χ0) is 13.5. The Bertz CT molecular complexity index is 342. The molecule has 0 radical (unpaired) electrons. The summed E-state index contributed by atoms with van der Waals surface area (Å²) in [6.45, 7) is 6.51. The fourth-order valence-electron chi connectivity index (χ4n) is 2.39. The van der Waals surface area contributed by atoms with Gasteiger partial charge in [0.15, 0.2) is 0 Å².